The van der Waals surface area contributed by atoms with Crippen LogP contribution in [0.15, 0.2) is 78.4 Å². The number of benzene rings is 2. The smallest absolute Gasteiger partial charge is 0.404 e. The van der Waals surface area contributed by atoms with Crippen molar-refractivity contribution in [3.8, 4) is 22.4 Å². The zero-order valence-electron chi connectivity index (χ0n) is 20.3. The monoisotopic (exact) mass is 527 g/mol. The first-order valence-corrected chi connectivity index (χ1v) is 12.9. The van der Waals surface area contributed by atoms with Crippen molar-refractivity contribution < 1.29 is 19.5 Å². The van der Waals surface area contributed by atoms with Crippen molar-refractivity contribution in [3.05, 3.63) is 89.6 Å². The summed E-state index contributed by atoms with van der Waals surface area (Å²) in [4.78, 5) is 44.6. The highest BCUT2D eigenvalue weighted by Gasteiger charge is 2.44. The quantitative estimate of drug-likeness (QED) is 0.253. The third kappa shape index (κ3) is 5.87. The van der Waals surface area contributed by atoms with Gasteiger partial charge in [0, 0.05) is 40.9 Å². The summed E-state index contributed by atoms with van der Waals surface area (Å²) < 4.78 is 0. The second-order valence-corrected chi connectivity index (χ2v) is 9.96. The highest BCUT2D eigenvalue weighted by Crippen LogP contribution is 2.47. The second-order valence-electron chi connectivity index (χ2n) is 9.11. The number of hydrogen-bond donors (Lipinski definition) is 4. The number of rotatable bonds is 9. The van der Waals surface area contributed by atoms with Crippen LogP contribution >= 0.6 is 11.3 Å². The van der Waals surface area contributed by atoms with Crippen LogP contribution in [-0.2, 0) is 10.2 Å². The summed E-state index contributed by atoms with van der Waals surface area (Å²) in [7, 11) is 0. The summed E-state index contributed by atoms with van der Waals surface area (Å²) in [6.45, 7) is 0.0981. The van der Waals surface area contributed by atoms with Gasteiger partial charge in [-0.15, -0.1) is 11.3 Å². The molecule has 2 aromatic carbocycles. The van der Waals surface area contributed by atoms with E-state index in [0.29, 0.717) is 17.2 Å². The maximum absolute atomic E-state index is 12.7. The SMILES string of the molecule is O=C(O)NCC1(c2cccc(C(=O)NCC(=O)Nc3nc(-c4cccc(-c5ccncc5)c4)cs3)c2)CC1. The zero-order chi connectivity index (χ0) is 26.5. The van der Waals surface area contributed by atoms with Gasteiger partial charge in [0.15, 0.2) is 5.13 Å². The van der Waals surface area contributed by atoms with Crippen molar-refractivity contribution in [2.24, 2.45) is 0 Å². The lowest BCUT2D eigenvalue weighted by Gasteiger charge is -2.16. The van der Waals surface area contributed by atoms with Gasteiger partial charge in [-0.25, -0.2) is 9.78 Å². The maximum atomic E-state index is 12.7. The lowest BCUT2D eigenvalue weighted by Crippen LogP contribution is -2.33. The number of carbonyl (C=O) groups excluding carboxylic acids is 2. The number of nitrogens with one attached hydrogen (secondary N) is 3. The van der Waals surface area contributed by atoms with Gasteiger partial charge in [0.2, 0.25) is 5.91 Å². The zero-order valence-corrected chi connectivity index (χ0v) is 21.1. The van der Waals surface area contributed by atoms with Crippen LogP contribution < -0.4 is 16.0 Å². The molecule has 1 saturated carbocycles. The standard InChI is InChI=1S/C28H25N5O4S/c34-24(15-30-25(35)21-5-2-6-22(14-21)28(9-10-28)17-31-27(36)37)33-26-32-23(16-38-26)20-4-1-3-19(13-20)18-7-11-29-12-8-18/h1-8,11-14,16,31H,9-10,15,17H2,(H,30,35)(H,36,37)(H,32,33,34). The number of aromatic nitrogens is 2. The molecule has 0 saturated heterocycles. The number of amides is 3. The minimum atomic E-state index is -1.07. The predicted octanol–water partition coefficient (Wildman–Crippen LogP) is 4.54. The number of thiazole rings is 1. The molecule has 9 nitrogen and oxygen atoms in total. The summed E-state index contributed by atoms with van der Waals surface area (Å²) in [6.07, 6.45) is 4.13. The first-order valence-electron chi connectivity index (χ1n) is 12.0. The fourth-order valence-electron chi connectivity index (χ4n) is 4.25. The normalized spacial score (nSPS) is 13.4. The van der Waals surface area contributed by atoms with Crippen LogP contribution in [0.1, 0.15) is 28.8 Å². The molecule has 192 valence electrons. The fraction of sp³-hybridized carbons (Fsp3) is 0.179. The maximum Gasteiger partial charge on any atom is 0.404 e. The Balaban J connectivity index is 1.17. The van der Waals surface area contributed by atoms with E-state index in [1.54, 1.807) is 30.6 Å². The Morgan fingerprint density at radius 2 is 1.68 bits per heavy atom. The number of nitrogens with zero attached hydrogens (tertiary/aromatic N) is 2. The molecule has 5 rings (SSSR count). The highest BCUT2D eigenvalue weighted by molar-refractivity contribution is 7.14. The van der Waals surface area contributed by atoms with E-state index in [4.69, 9.17) is 5.11 Å². The van der Waals surface area contributed by atoms with Gasteiger partial charge >= 0.3 is 6.09 Å². The van der Waals surface area contributed by atoms with E-state index in [9.17, 15) is 14.4 Å². The van der Waals surface area contributed by atoms with E-state index in [-0.39, 0.29) is 23.8 Å². The van der Waals surface area contributed by atoms with Crippen molar-refractivity contribution in [3.63, 3.8) is 0 Å². The van der Waals surface area contributed by atoms with Crippen LogP contribution in [0.3, 0.4) is 0 Å². The number of hydrogen-bond acceptors (Lipinski definition) is 6. The van der Waals surface area contributed by atoms with Crippen LogP contribution in [0, 0.1) is 0 Å². The second kappa shape index (κ2) is 10.8. The Bertz CT molecular complexity index is 1480. The van der Waals surface area contributed by atoms with Crippen molar-refractivity contribution >= 4 is 34.4 Å². The van der Waals surface area contributed by atoms with Gasteiger partial charge in [-0.2, -0.15) is 0 Å². The third-order valence-corrected chi connectivity index (χ3v) is 7.26. The Morgan fingerprint density at radius 1 is 0.921 bits per heavy atom. The molecule has 1 fully saturated rings. The van der Waals surface area contributed by atoms with Gasteiger partial charge < -0.3 is 21.1 Å². The molecule has 10 heteroatoms. The minimum absolute atomic E-state index is 0.207. The highest BCUT2D eigenvalue weighted by atomic mass is 32.1. The van der Waals surface area contributed by atoms with Gasteiger partial charge in [-0.05, 0) is 59.9 Å². The van der Waals surface area contributed by atoms with Crippen LogP contribution in [-0.4, -0.2) is 46.1 Å². The molecule has 4 N–H and O–H groups in total. The lowest BCUT2D eigenvalue weighted by atomic mass is 9.94. The van der Waals surface area contributed by atoms with Crippen molar-refractivity contribution in [2.75, 3.05) is 18.4 Å². The van der Waals surface area contributed by atoms with E-state index < -0.39 is 6.09 Å². The molecule has 0 aliphatic heterocycles. The van der Waals surface area contributed by atoms with E-state index in [0.717, 1.165) is 40.8 Å². The molecular formula is C28H25N5O4S. The summed E-state index contributed by atoms with van der Waals surface area (Å²) in [5.74, 6) is -0.762. The molecule has 0 spiro atoms. The topological polar surface area (TPSA) is 133 Å². The van der Waals surface area contributed by atoms with Crippen molar-refractivity contribution in [2.45, 2.75) is 18.3 Å². The molecule has 0 radical (unpaired) electrons. The average Bonchev–Trinajstić information content (AvgIpc) is 3.61. The number of anilines is 1. The van der Waals surface area contributed by atoms with E-state index in [1.165, 1.54) is 11.3 Å². The molecule has 1 aliphatic rings. The van der Waals surface area contributed by atoms with E-state index >= 15 is 0 Å². The molecule has 38 heavy (non-hydrogen) atoms. The summed E-state index contributed by atoms with van der Waals surface area (Å²) in [6, 6.07) is 19.0. The van der Waals surface area contributed by atoms with Crippen LogP contribution in [0.4, 0.5) is 9.93 Å². The molecule has 2 heterocycles. The van der Waals surface area contributed by atoms with Crippen LogP contribution in [0.25, 0.3) is 22.4 Å². The van der Waals surface area contributed by atoms with E-state index in [2.05, 4.69) is 25.9 Å². The van der Waals surface area contributed by atoms with Gasteiger partial charge in [-0.1, -0.05) is 30.3 Å². The predicted molar refractivity (Wildman–Crippen MR) is 145 cm³/mol. The van der Waals surface area contributed by atoms with Gasteiger partial charge in [0.25, 0.3) is 5.91 Å². The molecule has 0 unspecified atom stereocenters. The Kier molecular flexibility index (Phi) is 7.14. The summed E-state index contributed by atoms with van der Waals surface area (Å²) in [5, 5.41) is 19.1. The molecule has 3 amide bonds. The van der Waals surface area contributed by atoms with Gasteiger partial charge in [0.1, 0.15) is 0 Å². The van der Waals surface area contributed by atoms with Crippen molar-refractivity contribution in [1.29, 1.82) is 0 Å². The fourth-order valence-corrected chi connectivity index (χ4v) is 4.98. The first-order chi connectivity index (χ1) is 18.4. The van der Waals surface area contributed by atoms with Gasteiger partial charge in [-0.3, -0.25) is 14.6 Å². The van der Waals surface area contributed by atoms with Crippen molar-refractivity contribution in [1.82, 2.24) is 20.6 Å². The minimum Gasteiger partial charge on any atom is -0.465 e. The largest absolute Gasteiger partial charge is 0.465 e. The molecule has 4 aromatic rings. The first kappa shape index (κ1) is 25.1. The molecule has 1 aliphatic carbocycles. The molecule has 2 aromatic heterocycles. The lowest BCUT2D eigenvalue weighted by molar-refractivity contribution is -0.115. The van der Waals surface area contributed by atoms with Crippen LogP contribution in [0.2, 0.25) is 0 Å². The Labute approximate surface area is 223 Å². The van der Waals surface area contributed by atoms with Crippen LogP contribution in [0.5, 0.6) is 0 Å². The third-order valence-electron chi connectivity index (χ3n) is 6.50. The van der Waals surface area contributed by atoms with Gasteiger partial charge in [0.05, 0.1) is 12.2 Å². The Hall–Kier alpha value is -4.57. The molecular weight excluding hydrogens is 502 g/mol. The summed E-state index contributed by atoms with van der Waals surface area (Å²) in [5.41, 5.74) is 4.82. The molecule has 0 atom stereocenters. The van der Waals surface area contributed by atoms with E-state index in [1.807, 2.05) is 47.8 Å². The Morgan fingerprint density at radius 3 is 2.45 bits per heavy atom. The number of carbonyl (C=O) groups is 3. The average molecular weight is 528 g/mol. The number of pyridine rings is 1. The number of carboxylic acid groups (broad SMARTS) is 1. The summed E-state index contributed by atoms with van der Waals surface area (Å²) >= 11 is 1.31. The molecule has 0 bridgehead atoms.